The number of anilines is 1. The first kappa shape index (κ1) is 23.8. The molecule has 5 N–H and O–H groups in total. The van der Waals surface area contributed by atoms with Crippen molar-refractivity contribution in [2.45, 2.75) is 51.1 Å². The Hall–Kier alpha value is -3.39. The standard InChI is InChI=1S/C26H34N6O2/c1-18-13-29-24(30-17-26(11-6-12-26)21-7-4-3-5-8-21)25(34)32(18)16-22(33)15-28-14-20-9-10-23(27)31-19(20)2/h3-5,7-10,13,19,28,31H,6,11-12,14-17,27H2,1-2H3,(H,29,30). The lowest BCUT2D eigenvalue weighted by atomic mass is 9.64. The smallest absolute Gasteiger partial charge is 0.293 e. The molecule has 34 heavy (non-hydrogen) atoms. The van der Waals surface area contributed by atoms with Crippen molar-refractivity contribution in [2.75, 3.05) is 25.0 Å². The Balaban J connectivity index is 1.37. The summed E-state index contributed by atoms with van der Waals surface area (Å²) in [5, 5.41) is 9.62. The van der Waals surface area contributed by atoms with Gasteiger partial charge in [0.05, 0.1) is 18.9 Å². The fourth-order valence-electron chi connectivity index (χ4n) is 4.63. The summed E-state index contributed by atoms with van der Waals surface area (Å²) in [5.41, 5.74) is 8.61. The van der Waals surface area contributed by atoms with Crippen LogP contribution in [0.3, 0.4) is 0 Å². The summed E-state index contributed by atoms with van der Waals surface area (Å²) in [4.78, 5) is 30.1. The maximum absolute atomic E-state index is 13.1. The highest BCUT2D eigenvalue weighted by atomic mass is 16.1. The van der Waals surface area contributed by atoms with Gasteiger partial charge in [0.25, 0.3) is 5.56 Å². The van der Waals surface area contributed by atoms with Crippen LogP contribution in [0.25, 0.3) is 0 Å². The normalized spacial score (nSPS) is 18.8. The lowest BCUT2D eigenvalue weighted by Gasteiger charge is -2.42. The molecular weight excluding hydrogens is 428 g/mol. The van der Waals surface area contributed by atoms with Crippen LogP contribution in [0.5, 0.6) is 0 Å². The van der Waals surface area contributed by atoms with E-state index in [1.807, 2.05) is 25.1 Å². The molecule has 1 aromatic carbocycles. The molecule has 1 aliphatic carbocycles. The van der Waals surface area contributed by atoms with Gasteiger partial charge in [0.2, 0.25) is 0 Å². The molecule has 0 radical (unpaired) electrons. The van der Waals surface area contributed by atoms with E-state index in [0.717, 1.165) is 18.4 Å². The maximum Gasteiger partial charge on any atom is 0.293 e. The molecule has 0 spiro atoms. The first-order chi connectivity index (χ1) is 16.4. The Morgan fingerprint density at radius 2 is 2.03 bits per heavy atom. The van der Waals surface area contributed by atoms with E-state index in [1.165, 1.54) is 16.6 Å². The van der Waals surface area contributed by atoms with Gasteiger partial charge in [0.15, 0.2) is 11.6 Å². The zero-order valence-electron chi connectivity index (χ0n) is 19.9. The summed E-state index contributed by atoms with van der Waals surface area (Å²) in [6.45, 7) is 5.23. The van der Waals surface area contributed by atoms with E-state index in [1.54, 1.807) is 13.1 Å². The monoisotopic (exact) mass is 462 g/mol. The molecule has 180 valence electrons. The van der Waals surface area contributed by atoms with Crippen LogP contribution in [-0.2, 0) is 16.8 Å². The molecular formula is C26H34N6O2. The number of ketones is 1. The summed E-state index contributed by atoms with van der Waals surface area (Å²) >= 11 is 0. The van der Waals surface area contributed by atoms with Crippen molar-refractivity contribution in [2.24, 2.45) is 5.73 Å². The van der Waals surface area contributed by atoms with Crippen LogP contribution in [0.1, 0.15) is 37.4 Å². The minimum absolute atomic E-state index is 0.0123. The third-order valence-electron chi connectivity index (χ3n) is 6.95. The number of hydrogen-bond acceptors (Lipinski definition) is 7. The van der Waals surface area contributed by atoms with Crippen molar-refractivity contribution in [1.82, 2.24) is 20.2 Å². The van der Waals surface area contributed by atoms with Crippen molar-refractivity contribution in [1.29, 1.82) is 0 Å². The summed E-state index contributed by atoms with van der Waals surface area (Å²) in [6.07, 6.45) is 8.78. The largest absolute Gasteiger partial charge is 0.386 e. The van der Waals surface area contributed by atoms with Crippen molar-refractivity contribution in [3.05, 3.63) is 81.7 Å². The van der Waals surface area contributed by atoms with E-state index in [4.69, 9.17) is 5.73 Å². The number of Topliss-reactive ketones (excluding diaryl/α,β-unsaturated/α-hetero) is 1. The van der Waals surface area contributed by atoms with Crippen molar-refractivity contribution >= 4 is 11.6 Å². The van der Waals surface area contributed by atoms with Crippen molar-refractivity contribution in [3.8, 4) is 0 Å². The summed E-state index contributed by atoms with van der Waals surface area (Å²) < 4.78 is 1.50. The van der Waals surface area contributed by atoms with Gasteiger partial charge in [-0.1, -0.05) is 42.8 Å². The lowest BCUT2D eigenvalue weighted by molar-refractivity contribution is -0.118. The van der Waals surface area contributed by atoms with Crippen LogP contribution < -0.4 is 27.2 Å². The van der Waals surface area contributed by atoms with Gasteiger partial charge in [-0.05, 0) is 43.9 Å². The van der Waals surface area contributed by atoms with Gasteiger partial charge in [0, 0.05) is 36.4 Å². The highest BCUT2D eigenvalue weighted by molar-refractivity contribution is 5.80. The lowest BCUT2D eigenvalue weighted by Crippen LogP contribution is -2.42. The molecule has 1 aliphatic heterocycles. The SMILES string of the molecule is Cc1cnc(NCC2(c3ccccc3)CCC2)c(=O)n1CC(=O)CNCC1=CC=C(N)NC1C. The number of nitrogens with one attached hydrogen (secondary N) is 3. The summed E-state index contributed by atoms with van der Waals surface area (Å²) in [7, 11) is 0. The second-order valence-electron chi connectivity index (χ2n) is 9.36. The summed E-state index contributed by atoms with van der Waals surface area (Å²) in [5.74, 6) is 0.871. The van der Waals surface area contributed by atoms with Gasteiger partial charge in [-0.15, -0.1) is 0 Å². The van der Waals surface area contributed by atoms with Gasteiger partial charge < -0.3 is 26.3 Å². The van der Waals surface area contributed by atoms with Crippen molar-refractivity contribution < 1.29 is 4.79 Å². The molecule has 1 saturated carbocycles. The van der Waals surface area contributed by atoms with Gasteiger partial charge >= 0.3 is 0 Å². The predicted molar refractivity (Wildman–Crippen MR) is 135 cm³/mol. The van der Waals surface area contributed by atoms with Crippen LogP contribution >= 0.6 is 0 Å². The molecule has 2 aromatic rings. The van der Waals surface area contributed by atoms with E-state index >= 15 is 0 Å². The molecule has 4 rings (SSSR count). The topological polar surface area (TPSA) is 114 Å². The maximum atomic E-state index is 13.1. The third kappa shape index (κ3) is 5.22. The van der Waals surface area contributed by atoms with E-state index in [2.05, 4.69) is 45.2 Å². The molecule has 1 aromatic heterocycles. The second kappa shape index (κ2) is 10.3. The number of nitrogens with zero attached hydrogens (tertiary/aromatic N) is 2. The highest BCUT2D eigenvalue weighted by Crippen LogP contribution is 2.43. The van der Waals surface area contributed by atoms with Crippen LogP contribution in [0.2, 0.25) is 0 Å². The summed E-state index contributed by atoms with van der Waals surface area (Å²) in [6, 6.07) is 10.5. The van der Waals surface area contributed by atoms with Crippen LogP contribution in [0, 0.1) is 6.92 Å². The Bertz CT molecular complexity index is 1150. The minimum atomic E-state index is -0.260. The molecule has 1 unspecified atom stereocenters. The zero-order chi connectivity index (χ0) is 24.1. The average molecular weight is 463 g/mol. The molecule has 1 atom stereocenters. The van der Waals surface area contributed by atoms with Gasteiger partial charge in [0.1, 0.15) is 0 Å². The number of carbonyl (C=O) groups is 1. The molecule has 2 heterocycles. The second-order valence-corrected chi connectivity index (χ2v) is 9.36. The Kier molecular flexibility index (Phi) is 7.17. The Morgan fingerprint density at radius 3 is 2.71 bits per heavy atom. The van der Waals surface area contributed by atoms with E-state index < -0.39 is 0 Å². The van der Waals surface area contributed by atoms with E-state index in [0.29, 0.717) is 30.4 Å². The number of hydrogen-bond donors (Lipinski definition) is 4. The first-order valence-corrected chi connectivity index (χ1v) is 11.9. The molecule has 0 amide bonds. The van der Waals surface area contributed by atoms with Gasteiger partial charge in [-0.3, -0.25) is 9.59 Å². The fourth-order valence-corrected chi connectivity index (χ4v) is 4.63. The number of allylic oxidation sites excluding steroid dienone is 2. The van der Waals surface area contributed by atoms with Crippen LogP contribution in [0.4, 0.5) is 5.82 Å². The Morgan fingerprint density at radius 1 is 1.26 bits per heavy atom. The molecule has 0 bridgehead atoms. The van der Waals surface area contributed by atoms with E-state index in [9.17, 15) is 9.59 Å². The number of aromatic nitrogens is 2. The van der Waals surface area contributed by atoms with E-state index in [-0.39, 0.29) is 35.9 Å². The molecule has 8 heteroatoms. The zero-order valence-corrected chi connectivity index (χ0v) is 19.9. The minimum Gasteiger partial charge on any atom is -0.386 e. The molecule has 1 fully saturated rings. The number of rotatable bonds is 10. The van der Waals surface area contributed by atoms with Gasteiger partial charge in [-0.2, -0.15) is 0 Å². The predicted octanol–water partition coefficient (Wildman–Crippen LogP) is 1.96. The number of carbonyl (C=O) groups excluding carboxylic acids is 1. The molecule has 2 aliphatic rings. The first-order valence-electron chi connectivity index (χ1n) is 11.9. The average Bonchev–Trinajstić information content (AvgIpc) is 2.79. The number of nitrogens with two attached hydrogens (primary N) is 1. The Labute approximate surface area is 200 Å². The molecule has 0 saturated heterocycles. The van der Waals surface area contributed by atoms with Gasteiger partial charge in [-0.25, -0.2) is 4.98 Å². The number of dihydropyridines is 1. The number of aryl methyl sites for hydroxylation is 1. The van der Waals surface area contributed by atoms with Crippen LogP contribution in [0.15, 0.2) is 64.9 Å². The number of benzene rings is 1. The van der Waals surface area contributed by atoms with Crippen LogP contribution in [-0.4, -0.2) is 41.0 Å². The highest BCUT2D eigenvalue weighted by Gasteiger charge is 2.38. The van der Waals surface area contributed by atoms with Crippen molar-refractivity contribution in [3.63, 3.8) is 0 Å². The quantitative estimate of drug-likeness (QED) is 0.427. The molecule has 8 nitrogen and oxygen atoms in total. The fraction of sp³-hybridized carbons (Fsp3) is 0.423. The third-order valence-corrected chi connectivity index (χ3v) is 6.95.